The van der Waals surface area contributed by atoms with Gasteiger partial charge in [0, 0.05) is 6.92 Å². The Morgan fingerprint density at radius 3 is 2.56 bits per heavy atom. The van der Waals surface area contributed by atoms with Gasteiger partial charge in [0.2, 0.25) is 5.91 Å². The van der Waals surface area contributed by atoms with E-state index in [-0.39, 0.29) is 12.5 Å². The molecule has 1 rings (SSSR count). The van der Waals surface area contributed by atoms with Crippen molar-refractivity contribution >= 4 is 11.8 Å². The third kappa shape index (κ3) is 4.00. The smallest absolute Gasteiger partial charge is 0.276 e. The predicted octanol–water partition coefficient (Wildman–Crippen LogP) is 0.541. The lowest BCUT2D eigenvalue weighted by atomic mass is 10.2. The predicted molar refractivity (Wildman–Crippen MR) is 58.6 cm³/mol. The minimum absolute atomic E-state index is 0.134. The first-order valence-corrected chi connectivity index (χ1v) is 4.83. The Kier molecular flexibility index (Phi) is 4.32. The van der Waals surface area contributed by atoms with E-state index in [0.717, 1.165) is 5.56 Å². The van der Waals surface area contributed by atoms with Gasteiger partial charge in [0.25, 0.3) is 5.91 Å². The number of rotatable bonds is 3. The molecule has 86 valence electrons. The van der Waals surface area contributed by atoms with E-state index in [4.69, 9.17) is 4.74 Å². The van der Waals surface area contributed by atoms with Crippen molar-refractivity contribution in [3.63, 3.8) is 0 Å². The third-order valence-electron chi connectivity index (χ3n) is 1.83. The van der Waals surface area contributed by atoms with E-state index >= 15 is 0 Å². The van der Waals surface area contributed by atoms with Gasteiger partial charge in [-0.25, -0.2) is 0 Å². The standard InChI is InChI=1S/C11H14N2O3/c1-8-5-3-4-6-10(8)16-7-11(15)13-12-9(2)14/h3-6H,7H2,1-2H3,(H,12,14)(H,13,15). The van der Waals surface area contributed by atoms with Crippen LogP contribution in [0.3, 0.4) is 0 Å². The molecular weight excluding hydrogens is 208 g/mol. The van der Waals surface area contributed by atoms with Crippen LogP contribution in [0.15, 0.2) is 24.3 Å². The van der Waals surface area contributed by atoms with Crippen molar-refractivity contribution in [1.29, 1.82) is 0 Å². The third-order valence-corrected chi connectivity index (χ3v) is 1.83. The summed E-state index contributed by atoms with van der Waals surface area (Å²) in [5.74, 6) is -0.0804. The van der Waals surface area contributed by atoms with Crippen molar-refractivity contribution < 1.29 is 14.3 Å². The monoisotopic (exact) mass is 222 g/mol. The van der Waals surface area contributed by atoms with Gasteiger partial charge in [-0.2, -0.15) is 0 Å². The highest BCUT2D eigenvalue weighted by Gasteiger charge is 2.03. The van der Waals surface area contributed by atoms with E-state index in [1.807, 2.05) is 25.1 Å². The van der Waals surface area contributed by atoms with Crippen LogP contribution in [0.1, 0.15) is 12.5 Å². The van der Waals surface area contributed by atoms with Crippen molar-refractivity contribution in [2.24, 2.45) is 0 Å². The SMILES string of the molecule is CC(=O)NNC(=O)COc1ccccc1C. The number of ether oxygens (including phenoxy) is 1. The fourth-order valence-corrected chi connectivity index (χ4v) is 1.06. The van der Waals surface area contributed by atoms with E-state index in [1.54, 1.807) is 6.07 Å². The average Bonchev–Trinajstić information content (AvgIpc) is 2.25. The summed E-state index contributed by atoms with van der Waals surface area (Å²) in [6, 6.07) is 7.38. The number of benzene rings is 1. The van der Waals surface area contributed by atoms with Crippen LogP contribution in [0.4, 0.5) is 0 Å². The second-order valence-corrected chi connectivity index (χ2v) is 3.28. The lowest BCUT2D eigenvalue weighted by Gasteiger charge is -2.09. The van der Waals surface area contributed by atoms with Gasteiger partial charge in [0.15, 0.2) is 6.61 Å². The van der Waals surface area contributed by atoms with E-state index in [9.17, 15) is 9.59 Å². The summed E-state index contributed by atoms with van der Waals surface area (Å²) in [6.45, 7) is 3.06. The lowest BCUT2D eigenvalue weighted by Crippen LogP contribution is -2.42. The van der Waals surface area contributed by atoms with Gasteiger partial charge in [0.1, 0.15) is 5.75 Å². The molecule has 1 aromatic rings. The quantitative estimate of drug-likeness (QED) is 0.733. The molecule has 0 saturated heterocycles. The fourth-order valence-electron chi connectivity index (χ4n) is 1.06. The maximum atomic E-state index is 11.2. The summed E-state index contributed by atoms with van der Waals surface area (Å²) < 4.78 is 5.27. The van der Waals surface area contributed by atoms with Gasteiger partial charge in [-0.05, 0) is 18.6 Å². The van der Waals surface area contributed by atoms with Gasteiger partial charge in [0.05, 0.1) is 0 Å². The molecule has 0 spiro atoms. The van der Waals surface area contributed by atoms with Crippen molar-refractivity contribution in [3.8, 4) is 5.75 Å². The fraction of sp³-hybridized carbons (Fsp3) is 0.273. The zero-order valence-corrected chi connectivity index (χ0v) is 9.24. The van der Waals surface area contributed by atoms with Crippen LogP contribution in [0.25, 0.3) is 0 Å². The molecule has 16 heavy (non-hydrogen) atoms. The van der Waals surface area contributed by atoms with E-state index in [1.165, 1.54) is 6.92 Å². The van der Waals surface area contributed by atoms with Crippen LogP contribution in [-0.4, -0.2) is 18.4 Å². The summed E-state index contributed by atoms with van der Waals surface area (Å²) in [7, 11) is 0. The Labute approximate surface area is 93.8 Å². The zero-order valence-electron chi connectivity index (χ0n) is 9.24. The summed E-state index contributed by atoms with van der Waals surface area (Å²) in [5.41, 5.74) is 5.34. The molecule has 5 heteroatoms. The first kappa shape index (κ1) is 12.0. The summed E-state index contributed by atoms with van der Waals surface area (Å²) in [4.78, 5) is 21.7. The van der Waals surface area contributed by atoms with Crippen molar-refractivity contribution in [2.75, 3.05) is 6.61 Å². The number of amides is 2. The molecule has 0 heterocycles. The number of carbonyl (C=O) groups is 2. The van der Waals surface area contributed by atoms with Crippen LogP contribution in [0.2, 0.25) is 0 Å². The van der Waals surface area contributed by atoms with Crippen LogP contribution in [0.5, 0.6) is 5.75 Å². The highest BCUT2D eigenvalue weighted by Crippen LogP contribution is 2.15. The number of aryl methyl sites for hydroxylation is 1. The van der Waals surface area contributed by atoms with Crippen molar-refractivity contribution in [1.82, 2.24) is 10.9 Å². The molecule has 2 amide bonds. The molecule has 0 aromatic heterocycles. The van der Waals surface area contributed by atoms with Gasteiger partial charge in [-0.1, -0.05) is 18.2 Å². The molecule has 0 radical (unpaired) electrons. The Hall–Kier alpha value is -2.04. The largest absolute Gasteiger partial charge is 0.483 e. The minimum atomic E-state index is -0.404. The normalized spacial score (nSPS) is 9.38. The highest BCUT2D eigenvalue weighted by molar-refractivity contribution is 5.81. The lowest BCUT2D eigenvalue weighted by molar-refractivity contribution is -0.129. The topological polar surface area (TPSA) is 67.4 Å². The molecule has 0 aliphatic carbocycles. The number of hydrazine groups is 1. The first-order valence-electron chi connectivity index (χ1n) is 4.83. The van der Waals surface area contributed by atoms with Crippen molar-refractivity contribution in [2.45, 2.75) is 13.8 Å². The molecule has 0 aliphatic heterocycles. The molecule has 0 bridgehead atoms. The van der Waals surface area contributed by atoms with Crippen LogP contribution < -0.4 is 15.6 Å². The Morgan fingerprint density at radius 2 is 1.94 bits per heavy atom. The second-order valence-electron chi connectivity index (χ2n) is 3.28. The van der Waals surface area contributed by atoms with E-state index in [0.29, 0.717) is 5.75 Å². The van der Waals surface area contributed by atoms with E-state index < -0.39 is 5.91 Å². The van der Waals surface area contributed by atoms with Gasteiger partial charge >= 0.3 is 0 Å². The number of hydrogen-bond donors (Lipinski definition) is 2. The van der Waals surface area contributed by atoms with Gasteiger partial charge in [-0.3, -0.25) is 20.4 Å². The number of nitrogens with one attached hydrogen (secondary N) is 2. The van der Waals surface area contributed by atoms with Gasteiger partial charge < -0.3 is 4.74 Å². The number of carbonyl (C=O) groups excluding carboxylic acids is 2. The second kappa shape index (κ2) is 5.75. The number of para-hydroxylation sites is 1. The summed E-state index contributed by atoms with van der Waals surface area (Å²) in [5, 5.41) is 0. The molecule has 0 saturated carbocycles. The summed E-state index contributed by atoms with van der Waals surface area (Å²) in [6.07, 6.45) is 0. The van der Waals surface area contributed by atoms with Crippen LogP contribution >= 0.6 is 0 Å². The number of hydrogen-bond acceptors (Lipinski definition) is 3. The Balaban J connectivity index is 2.37. The molecule has 2 N–H and O–H groups in total. The molecule has 0 fully saturated rings. The van der Waals surface area contributed by atoms with Crippen molar-refractivity contribution in [3.05, 3.63) is 29.8 Å². The molecule has 0 unspecified atom stereocenters. The molecule has 0 aliphatic rings. The van der Waals surface area contributed by atoms with Crippen LogP contribution in [0, 0.1) is 6.92 Å². The Morgan fingerprint density at radius 1 is 1.25 bits per heavy atom. The molecule has 5 nitrogen and oxygen atoms in total. The minimum Gasteiger partial charge on any atom is -0.483 e. The van der Waals surface area contributed by atoms with E-state index in [2.05, 4.69) is 10.9 Å². The Bertz CT molecular complexity index is 391. The molecule has 0 atom stereocenters. The summed E-state index contributed by atoms with van der Waals surface area (Å²) >= 11 is 0. The zero-order chi connectivity index (χ0) is 12.0. The molecule has 1 aromatic carbocycles. The van der Waals surface area contributed by atoms with Crippen LogP contribution in [-0.2, 0) is 9.59 Å². The maximum Gasteiger partial charge on any atom is 0.276 e. The average molecular weight is 222 g/mol. The highest BCUT2D eigenvalue weighted by atomic mass is 16.5. The first-order chi connectivity index (χ1) is 7.59. The maximum absolute atomic E-state index is 11.2. The molecular formula is C11H14N2O3. The van der Waals surface area contributed by atoms with Gasteiger partial charge in [-0.15, -0.1) is 0 Å².